The van der Waals surface area contributed by atoms with Gasteiger partial charge in [0.25, 0.3) is 15.7 Å². The number of hydrogen-bond acceptors (Lipinski definition) is 10. The zero-order valence-corrected chi connectivity index (χ0v) is 29.6. The van der Waals surface area contributed by atoms with Crippen molar-refractivity contribution in [2.45, 2.75) is 122 Å². The molecule has 0 radical (unpaired) electrons. The minimum absolute atomic E-state index is 0.00764. The lowest BCUT2D eigenvalue weighted by Gasteiger charge is -2.43. The first-order chi connectivity index (χ1) is 18.9. The molecular formula is C27H49N3O9SSi2. The van der Waals surface area contributed by atoms with E-state index in [0.29, 0.717) is 0 Å². The molecule has 0 saturated carbocycles. The molecule has 12 nitrogen and oxygen atoms in total. The van der Waals surface area contributed by atoms with Gasteiger partial charge in [0.15, 0.2) is 28.5 Å². The van der Waals surface area contributed by atoms with Gasteiger partial charge in [-0.2, -0.15) is 8.42 Å². The van der Waals surface area contributed by atoms with Gasteiger partial charge in [-0.05, 0) is 49.6 Å². The molecule has 3 heterocycles. The standard InChI is InChI=1S/C27H49N3O9SSi2/c1-18-15-30(24(33)29(22(18)32)13-12-14-31)23-21(38-42(10,11)26(5,6)7)27(19(28)17-40(34,35)39-27)20(37-23)16-36-41(8,9)25(2,3)4/h15,17,20-21,23,31H,12-14,16,28H2,1-11H3/t20-,21+,23-,27?/m1/s1. The molecule has 4 atom stereocenters. The number of nitrogens with two attached hydrogens (primary N) is 1. The molecule has 15 heteroatoms. The van der Waals surface area contributed by atoms with Gasteiger partial charge in [0, 0.05) is 24.9 Å². The Morgan fingerprint density at radius 3 is 2.12 bits per heavy atom. The van der Waals surface area contributed by atoms with Gasteiger partial charge in [0.05, 0.1) is 17.7 Å². The van der Waals surface area contributed by atoms with Crippen LogP contribution in [0.15, 0.2) is 26.9 Å². The highest BCUT2D eigenvalue weighted by Gasteiger charge is 2.67. The zero-order chi connectivity index (χ0) is 32.3. The molecule has 1 fully saturated rings. The molecule has 1 aromatic rings. The first-order valence-corrected chi connectivity index (χ1v) is 21.5. The summed E-state index contributed by atoms with van der Waals surface area (Å²) >= 11 is 0. The largest absolute Gasteiger partial charge is 0.414 e. The summed E-state index contributed by atoms with van der Waals surface area (Å²) in [6, 6.07) is 0. The van der Waals surface area contributed by atoms with E-state index in [4.69, 9.17) is 23.5 Å². The average molecular weight is 648 g/mol. The van der Waals surface area contributed by atoms with Crippen LogP contribution in [-0.4, -0.2) is 70.3 Å². The summed E-state index contributed by atoms with van der Waals surface area (Å²) in [6.07, 6.45) is -1.87. The van der Waals surface area contributed by atoms with E-state index in [1.807, 2.05) is 33.9 Å². The van der Waals surface area contributed by atoms with E-state index < -0.39 is 62.0 Å². The molecule has 0 aromatic carbocycles. The molecular weight excluding hydrogens is 599 g/mol. The van der Waals surface area contributed by atoms with Crippen LogP contribution in [-0.2, 0) is 34.4 Å². The van der Waals surface area contributed by atoms with Crippen LogP contribution in [0.5, 0.6) is 0 Å². The number of hydrogen-bond donors (Lipinski definition) is 2. The lowest BCUT2D eigenvalue weighted by molar-refractivity contribution is -0.0567. The first kappa shape index (κ1) is 34.9. The van der Waals surface area contributed by atoms with Gasteiger partial charge in [-0.15, -0.1) is 0 Å². The lowest BCUT2D eigenvalue weighted by atomic mass is 9.89. The van der Waals surface area contributed by atoms with Gasteiger partial charge in [-0.25, -0.2) is 8.98 Å². The van der Waals surface area contributed by atoms with Gasteiger partial charge in [-0.1, -0.05) is 41.5 Å². The van der Waals surface area contributed by atoms with Crippen LogP contribution >= 0.6 is 0 Å². The number of aliphatic hydroxyl groups excluding tert-OH is 1. The smallest absolute Gasteiger partial charge is 0.333 e. The highest BCUT2D eigenvalue weighted by molar-refractivity contribution is 7.90. The third-order valence-electron chi connectivity index (χ3n) is 9.25. The highest BCUT2D eigenvalue weighted by Crippen LogP contribution is 2.52. The van der Waals surface area contributed by atoms with Crippen molar-refractivity contribution >= 4 is 26.8 Å². The number of ether oxygens (including phenoxy) is 1. The van der Waals surface area contributed by atoms with Gasteiger partial charge in [0.2, 0.25) is 0 Å². The fraction of sp³-hybridized carbons (Fsp3) is 0.778. The summed E-state index contributed by atoms with van der Waals surface area (Å²) in [7, 11) is -9.28. The van der Waals surface area contributed by atoms with E-state index in [-0.39, 0.29) is 47.5 Å². The summed E-state index contributed by atoms with van der Waals surface area (Å²) in [5.74, 6) is 0. The third-order valence-corrected chi connectivity index (χ3v) is 19.3. The van der Waals surface area contributed by atoms with E-state index in [1.54, 1.807) is 6.92 Å². The Hall–Kier alpha value is -1.60. The van der Waals surface area contributed by atoms with Crippen molar-refractivity contribution in [3.8, 4) is 0 Å². The normalized spacial score (nSPS) is 26.7. The van der Waals surface area contributed by atoms with Crippen LogP contribution in [0.3, 0.4) is 0 Å². The molecule has 0 bridgehead atoms. The van der Waals surface area contributed by atoms with Gasteiger partial charge >= 0.3 is 5.69 Å². The van der Waals surface area contributed by atoms with E-state index >= 15 is 0 Å². The quantitative estimate of drug-likeness (QED) is 0.301. The third kappa shape index (κ3) is 6.29. The van der Waals surface area contributed by atoms with Crippen molar-refractivity contribution in [2.75, 3.05) is 13.2 Å². The molecule has 3 rings (SSSR count). The molecule has 1 spiro atoms. The van der Waals surface area contributed by atoms with E-state index in [9.17, 15) is 23.1 Å². The SMILES string of the molecule is Cc1cn([C@@H]2O[C@H](CO[Si](C)(C)C(C)(C)C)C3(OS(=O)(=O)C=C3N)[C@H]2O[Si](C)(C)C(C)(C)C)c(=O)n(CCCO)c1=O. The second-order valence-electron chi connectivity index (χ2n) is 14.4. The van der Waals surface area contributed by atoms with Crippen LogP contribution in [0.25, 0.3) is 0 Å². The molecule has 0 aliphatic carbocycles. The molecule has 2 aliphatic heterocycles. The Bertz CT molecular complexity index is 1440. The summed E-state index contributed by atoms with van der Waals surface area (Å²) in [5, 5.41) is 9.77. The maximum atomic E-state index is 13.8. The van der Waals surface area contributed by atoms with Crippen LogP contribution in [0.2, 0.25) is 36.3 Å². The van der Waals surface area contributed by atoms with Crippen molar-refractivity contribution in [2.24, 2.45) is 5.73 Å². The molecule has 240 valence electrons. The maximum absolute atomic E-state index is 13.8. The Kier molecular flexibility index (Phi) is 9.47. The summed E-state index contributed by atoms with van der Waals surface area (Å²) in [4.78, 5) is 26.7. The van der Waals surface area contributed by atoms with Crippen molar-refractivity contribution in [1.29, 1.82) is 0 Å². The van der Waals surface area contributed by atoms with E-state index in [0.717, 1.165) is 9.98 Å². The summed E-state index contributed by atoms with van der Waals surface area (Å²) in [5.41, 5.74) is 3.68. The average Bonchev–Trinajstić information content (AvgIpc) is 3.25. The monoisotopic (exact) mass is 647 g/mol. The second-order valence-corrected chi connectivity index (χ2v) is 25.3. The van der Waals surface area contributed by atoms with Crippen LogP contribution in [0.1, 0.15) is 59.8 Å². The lowest BCUT2D eigenvalue weighted by Crippen LogP contribution is -2.59. The van der Waals surface area contributed by atoms with Gasteiger partial charge < -0.3 is 24.4 Å². The van der Waals surface area contributed by atoms with Crippen LogP contribution in [0, 0.1) is 6.92 Å². The number of aliphatic hydroxyl groups is 1. The number of rotatable bonds is 9. The minimum atomic E-state index is -4.22. The molecule has 3 N–H and O–H groups in total. The number of nitrogens with zero attached hydrogens (tertiary/aromatic N) is 2. The van der Waals surface area contributed by atoms with Crippen LogP contribution < -0.4 is 17.0 Å². The van der Waals surface area contributed by atoms with Crippen molar-refractivity contribution in [3.63, 3.8) is 0 Å². The van der Waals surface area contributed by atoms with E-state index in [2.05, 4.69) is 33.9 Å². The van der Waals surface area contributed by atoms with Crippen molar-refractivity contribution < 1.29 is 31.3 Å². The molecule has 1 saturated heterocycles. The predicted octanol–water partition coefficient (Wildman–Crippen LogP) is 2.91. The fourth-order valence-electron chi connectivity index (χ4n) is 4.58. The predicted molar refractivity (Wildman–Crippen MR) is 166 cm³/mol. The number of aromatic nitrogens is 2. The summed E-state index contributed by atoms with van der Waals surface area (Å²) in [6.45, 7) is 21.8. The molecule has 42 heavy (non-hydrogen) atoms. The minimum Gasteiger partial charge on any atom is -0.414 e. The zero-order valence-electron chi connectivity index (χ0n) is 26.8. The Morgan fingerprint density at radius 2 is 1.64 bits per heavy atom. The van der Waals surface area contributed by atoms with E-state index in [1.165, 1.54) is 10.8 Å². The molecule has 0 amide bonds. The van der Waals surface area contributed by atoms with Crippen molar-refractivity contribution in [3.05, 3.63) is 43.7 Å². The van der Waals surface area contributed by atoms with Gasteiger partial charge in [0.1, 0.15) is 12.2 Å². The first-order valence-electron chi connectivity index (χ1n) is 14.3. The van der Waals surface area contributed by atoms with Gasteiger partial charge in [-0.3, -0.25) is 13.9 Å². The Morgan fingerprint density at radius 1 is 1.07 bits per heavy atom. The van der Waals surface area contributed by atoms with Crippen LogP contribution in [0.4, 0.5) is 0 Å². The molecule has 2 aliphatic rings. The Labute approximate surface area is 251 Å². The number of aryl methyl sites for hydroxylation is 1. The Balaban J connectivity index is 2.29. The highest BCUT2D eigenvalue weighted by atomic mass is 32.2. The van der Waals surface area contributed by atoms with Crippen molar-refractivity contribution in [1.82, 2.24) is 9.13 Å². The molecule has 1 aromatic heterocycles. The maximum Gasteiger partial charge on any atom is 0.333 e. The second kappa shape index (κ2) is 11.4. The topological polar surface area (TPSA) is 161 Å². The summed E-state index contributed by atoms with van der Waals surface area (Å²) < 4.78 is 53.9. The fourth-order valence-corrected chi connectivity index (χ4v) is 8.09. The molecule has 1 unspecified atom stereocenters.